The summed E-state index contributed by atoms with van der Waals surface area (Å²) in [6, 6.07) is 8.47. The molecule has 0 aliphatic carbocycles. The van der Waals surface area contributed by atoms with Crippen LogP contribution >= 0.6 is 11.8 Å². The third kappa shape index (κ3) is 4.31. The van der Waals surface area contributed by atoms with Crippen LogP contribution in [0.1, 0.15) is 15.9 Å². The number of hydrogen-bond donors (Lipinski definition) is 3. The summed E-state index contributed by atoms with van der Waals surface area (Å²) < 4.78 is 5.09. The van der Waals surface area contributed by atoms with Gasteiger partial charge in [-0.2, -0.15) is 0 Å². The molecule has 154 valence electrons. The highest BCUT2D eigenvalue weighted by atomic mass is 32.2. The quantitative estimate of drug-likeness (QED) is 0.477. The average Bonchev–Trinajstić information content (AvgIpc) is 2.99. The minimum absolute atomic E-state index is 0.0193. The van der Waals surface area contributed by atoms with Gasteiger partial charge in [0.05, 0.1) is 23.3 Å². The van der Waals surface area contributed by atoms with Crippen LogP contribution in [-0.4, -0.2) is 50.9 Å². The van der Waals surface area contributed by atoms with E-state index in [2.05, 4.69) is 11.6 Å². The Balaban J connectivity index is 2.03. The topological polar surface area (TPSA) is 120 Å². The molecule has 8 nitrogen and oxygen atoms in total. The molecular weight excluding hydrogens is 408 g/mol. The maximum Gasteiger partial charge on any atom is 0.338 e. The predicted molar refractivity (Wildman–Crippen MR) is 114 cm³/mol. The highest BCUT2D eigenvalue weighted by Crippen LogP contribution is 2.36. The van der Waals surface area contributed by atoms with Gasteiger partial charge in [-0.15, -0.1) is 6.58 Å². The first-order valence-electron chi connectivity index (χ1n) is 8.68. The number of aromatic carboxylic acids is 1. The SMILES string of the molecule is C=CCN1C(=O)/C(=C/c2ccc(O)c(OC)c2)SC1=Nc1ccc(O)cc1C(=O)O. The van der Waals surface area contributed by atoms with Crippen molar-refractivity contribution in [1.29, 1.82) is 0 Å². The van der Waals surface area contributed by atoms with E-state index in [0.29, 0.717) is 10.5 Å². The normalized spacial score (nSPS) is 16.3. The van der Waals surface area contributed by atoms with Crippen LogP contribution in [0.25, 0.3) is 6.08 Å². The fourth-order valence-electron chi connectivity index (χ4n) is 2.71. The van der Waals surface area contributed by atoms with Crippen molar-refractivity contribution in [3.8, 4) is 17.2 Å². The van der Waals surface area contributed by atoms with E-state index in [4.69, 9.17) is 4.74 Å². The third-order valence-electron chi connectivity index (χ3n) is 4.13. The van der Waals surface area contributed by atoms with E-state index in [9.17, 15) is 24.9 Å². The zero-order chi connectivity index (χ0) is 21.8. The molecule has 0 bridgehead atoms. The maximum atomic E-state index is 12.9. The number of hydrogen-bond acceptors (Lipinski definition) is 7. The molecule has 0 unspecified atom stereocenters. The van der Waals surface area contributed by atoms with Crippen LogP contribution < -0.4 is 4.74 Å². The number of phenolic OH excluding ortho intramolecular Hbond substituents is 2. The number of amides is 1. The predicted octanol–water partition coefficient (Wildman–Crippen LogP) is 3.59. The molecule has 0 aromatic heterocycles. The Morgan fingerprint density at radius 1 is 1.27 bits per heavy atom. The Morgan fingerprint density at radius 2 is 2.03 bits per heavy atom. The number of ether oxygens (including phenoxy) is 1. The lowest BCUT2D eigenvalue weighted by Gasteiger charge is -2.13. The maximum absolute atomic E-state index is 12.9. The monoisotopic (exact) mass is 426 g/mol. The largest absolute Gasteiger partial charge is 0.508 e. The Morgan fingerprint density at radius 3 is 2.70 bits per heavy atom. The van der Waals surface area contributed by atoms with Gasteiger partial charge >= 0.3 is 5.97 Å². The molecule has 0 radical (unpaired) electrons. The fourth-order valence-corrected chi connectivity index (χ4v) is 3.71. The molecule has 1 amide bonds. The minimum Gasteiger partial charge on any atom is -0.508 e. The highest BCUT2D eigenvalue weighted by molar-refractivity contribution is 8.18. The van der Waals surface area contributed by atoms with E-state index in [-0.39, 0.29) is 46.1 Å². The van der Waals surface area contributed by atoms with Crippen molar-refractivity contribution in [2.24, 2.45) is 4.99 Å². The molecule has 1 saturated heterocycles. The van der Waals surface area contributed by atoms with Crippen molar-refractivity contribution < 1.29 is 29.6 Å². The summed E-state index contributed by atoms with van der Waals surface area (Å²) in [6.45, 7) is 3.83. The Kier molecular flexibility index (Phi) is 6.12. The summed E-state index contributed by atoms with van der Waals surface area (Å²) in [4.78, 5) is 30.4. The van der Waals surface area contributed by atoms with Crippen LogP contribution in [0.4, 0.5) is 5.69 Å². The Labute approximate surface area is 176 Å². The minimum atomic E-state index is -1.25. The van der Waals surface area contributed by atoms with E-state index in [0.717, 1.165) is 17.8 Å². The van der Waals surface area contributed by atoms with Gasteiger partial charge in [0.2, 0.25) is 0 Å². The molecule has 0 atom stereocenters. The van der Waals surface area contributed by atoms with Gasteiger partial charge in [-0.25, -0.2) is 9.79 Å². The number of nitrogens with zero attached hydrogens (tertiary/aromatic N) is 2. The molecule has 9 heteroatoms. The summed E-state index contributed by atoms with van der Waals surface area (Å²) in [7, 11) is 1.43. The molecule has 1 aliphatic heterocycles. The van der Waals surface area contributed by atoms with Gasteiger partial charge in [0.15, 0.2) is 16.7 Å². The number of carboxylic acids is 1. The van der Waals surface area contributed by atoms with Crippen molar-refractivity contribution >= 4 is 40.6 Å². The van der Waals surface area contributed by atoms with E-state index in [1.54, 1.807) is 18.2 Å². The van der Waals surface area contributed by atoms with Crippen LogP contribution in [0.5, 0.6) is 17.2 Å². The van der Waals surface area contributed by atoms with Crippen LogP contribution in [0.15, 0.2) is 59.0 Å². The first-order chi connectivity index (χ1) is 14.3. The number of carbonyl (C=O) groups is 2. The van der Waals surface area contributed by atoms with Gasteiger partial charge in [-0.05, 0) is 53.7 Å². The molecule has 1 fully saturated rings. The van der Waals surface area contributed by atoms with Gasteiger partial charge in [0.1, 0.15) is 5.75 Å². The molecule has 2 aromatic rings. The summed E-state index contributed by atoms with van der Waals surface area (Å²) in [6.07, 6.45) is 3.16. The third-order valence-corrected chi connectivity index (χ3v) is 5.13. The van der Waals surface area contributed by atoms with E-state index >= 15 is 0 Å². The zero-order valence-corrected chi connectivity index (χ0v) is 16.7. The molecule has 30 heavy (non-hydrogen) atoms. The van der Waals surface area contributed by atoms with Gasteiger partial charge in [0.25, 0.3) is 5.91 Å². The number of phenols is 2. The number of thioether (sulfide) groups is 1. The lowest BCUT2D eigenvalue weighted by molar-refractivity contribution is -0.121. The van der Waals surface area contributed by atoms with Crippen molar-refractivity contribution in [3.05, 3.63) is 65.1 Å². The lowest BCUT2D eigenvalue weighted by atomic mass is 10.1. The van der Waals surface area contributed by atoms with Crippen LogP contribution in [-0.2, 0) is 4.79 Å². The Bertz CT molecular complexity index is 1090. The molecule has 2 aromatic carbocycles. The van der Waals surface area contributed by atoms with Gasteiger partial charge in [-0.1, -0.05) is 12.1 Å². The molecule has 1 aliphatic rings. The molecule has 0 spiro atoms. The van der Waals surface area contributed by atoms with E-state index in [1.165, 1.54) is 36.3 Å². The number of benzene rings is 2. The number of aliphatic imine (C=N–C) groups is 1. The van der Waals surface area contributed by atoms with Crippen LogP contribution in [0.2, 0.25) is 0 Å². The van der Waals surface area contributed by atoms with Crippen molar-refractivity contribution in [3.63, 3.8) is 0 Å². The standard InChI is InChI=1S/C21H18N2O6S/c1-3-8-23-19(26)18(10-12-4-7-16(25)17(9-12)29-2)30-21(23)22-15-6-5-13(24)11-14(15)20(27)28/h3-7,9-11,24-25H,1,8H2,2H3,(H,27,28)/b18-10-,22-21?. The molecule has 3 rings (SSSR count). The smallest absolute Gasteiger partial charge is 0.338 e. The summed E-state index contributed by atoms with van der Waals surface area (Å²) >= 11 is 1.08. The van der Waals surface area contributed by atoms with E-state index in [1.807, 2.05) is 0 Å². The fraction of sp³-hybridized carbons (Fsp3) is 0.0952. The number of rotatable bonds is 6. The van der Waals surface area contributed by atoms with Crippen molar-refractivity contribution in [2.75, 3.05) is 13.7 Å². The van der Waals surface area contributed by atoms with Crippen molar-refractivity contribution in [2.45, 2.75) is 0 Å². The number of amidine groups is 1. The van der Waals surface area contributed by atoms with Crippen LogP contribution in [0, 0.1) is 0 Å². The highest BCUT2D eigenvalue weighted by Gasteiger charge is 2.33. The van der Waals surface area contributed by atoms with Gasteiger partial charge < -0.3 is 20.1 Å². The van der Waals surface area contributed by atoms with E-state index < -0.39 is 5.97 Å². The van der Waals surface area contributed by atoms with Crippen LogP contribution in [0.3, 0.4) is 0 Å². The second-order valence-electron chi connectivity index (χ2n) is 6.15. The van der Waals surface area contributed by atoms with Gasteiger partial charge in [0, 0.05) is 6.54 Å². The number of carbonyl (C=O) groups excluding carboxylic acids is 1. The number of aromatic hydroxyl groups is 2. The molecule has 1 heterocycles. The summed E-state index contributed by atoms with van der Waals surface area (Å²) in [5, 5.41) is 29.0. The average molecular weight is 426 g/mol. The zero-order valence-electron chi connectivity index (χ0n) is 15.9. The molecular formula is C21H18N2O6S. The summed E-state index contributed by atoms with van der Waals surface area (Å²) in [5.41, 5.74) is 0.558. The van der Waals surface area contributed by atoms with Gasteiger partial charge in [-0.3, -0.25) is 9.69 Å². The Hall–Kier alpha value is -3.72. The lowest BCUT2D eigenvalue weighted by Crippen LogP contribution is -2.29. The first kappa shape index (κ1) is 21.0. The second-order valence-corrected chi connectivity index (χ2v) is 7.16. The molecule has 0 saturated carbocycles. The molecule has 3 N–H and O–H groups in total. The number of methoxy groups -OCH3 is 1. The summed E-state index contributed by atoms with van der Waals surface area (Å²) in [5.74, 6) is -1.51. The second kappa shape index (κ2) is 8.75. The van der Waals surface area contributed by atoms with Crippen molar-refractivity contribution in [1.82, 2.24) is 4.90 Å². The number of carboxylic acid groups (broad SMARTS) is 1. The first-order valence-corrected chi connectivity index (χ1v) is 9.50.